The Labute approximate surface area is 164 Å². The normalized spacial score (nSPS) is 16.2. The van der Waals surface area contributed by atoms with E-state index in [0.717, 1.165) is 11.1 Å². The third kappa shape index (κ3) is 4.06. The standard InChI is InChI=1S/C22H23NO5/c1-14-8-9-15(2)17(10-14)19(24)13-28-22(26)16-11-21(25)23(12-16)18-6-4-5-7-20(18)27-3/h4-10,16H,11-13H2,1-3H3/t16-/m0/s1. The molecular weight excluding hydrogens is 358 g/mol. The van der Waals surface area contributed by atoms with E-state index in [1.54, 1.807) is 24.3 Å². The van der Waals surface area contributed by atoms with Gasteiger partial charge in [0, 0.05) is 18.5 Å². The second-order valence-corrected chi connectivity index (χ2v) is 6.93. The summed E-state index contributed by atoms with van der Waals surface area (Å²) in [5, 5.41) is 0. The quantitative estimate of drug-likeness (QED) is 0.568. The van der Waals surface area contributed by atoms with Gasteiger partial charge in [0.05, 0.1) is 18.7 Å². The zero-order valence-corrected chi connectivity index (χ0v) is 16.2. The van der Waals surface area contributed by atoms with Crippen molar-refractivity contribution in [2.24, 2.45) is 5.92 Å². The molecule has 6 nitrogen and oxygen atoms in total. The lowest BCUT2D eigenvalue weighted by molar-refractivity contribution is -0.147. The minimum atomic E-state index is -0.608. The molecule has 2 aromatic carbocycles. The zero-order chi connectivity index (χ0) is 20.3. The number of esters is 1. The highest BCUT2D eigenvalue weighted by Gasteiger charge is 2.37. The van der Waals surface area contributed by atoms with Gasteiger partial charge in [-0.05, 0) is 37.6 Å². The number of hydrogen-bond donors (Lipinski definition) is 0. The number of amides is 1. The van der Waals surface area contributed by atoms with Gasteiger partial charge >= 0.3 is 5.97 Å². The number of ketones is 1. The van der Waals surface area contributed by atoms with E-state index in [1.165, 1.54) is 12.0 Å². The van der Waals surface area contributed by atoms with Crippen molar-refractivity contribution in [1.82, 2.24) is 0 Å². The molecule has 146 valence electrons. The number of carbonyl (C=O) groups is 3. The average Bonchev–Trinajstić information content (AvgIpc) is 3.09. The Morgan fingerprint density at radius 3 is 2.64 bits per heavy atom. The number of para-hydroxylation sites is 2. The summed E-state index contributed by atoms with van der Waals surface area (Å²) in [7, 11) is 1.53. The third-order valence-corrected chi connectivity index (χ3v) is 4.87. The molecular formula is C22H23NO5. The monoisotopic (exact) mass is 381 g/mol. The summed E-state index contributed by atoms with van der Waals surface area (Å²) in [5.41, 5.74) is 2.97. The van der Waals surface area contributed by atoms with Gasteiger partial charge in [0.15, 0.2) is 6.61 Å². The van der Waals surface area contributed by atoms with E-state index in [-0.39, 0.29) is 31.3 Å². The fourth-order valence-electron chi connectivity index (χ4n) is 3.32. The number of aryl methyl sites for hydroxylation is 2. The first-order valence-corrected chi connectivity index (χ1v) is 9.11. The smallest absolute Gasteiger partial charge is 0.311 e. The number of methoxy groups -OCH3 is 1. The molecule has 1 aliphatic rings. The summed E-state index contributed by atoms with van der Waals surface area (Å²) in [5.74, 6) is -1.00. The van der Waals surface area contributed by atoms with Gasteiger partial charge in [-0.1, -0.05) is 29.8 Å². The molecule has 0 aliphatic carbocycles. The van der Waals surface area contributed by atoms with Crippen LogP contribution in [0.1, 0.15) is 27.9 Å². The second-order valence-electron chi connectivity index (χ2n) is 6.93. The van der Waals surface area contributed by atoms with Crippen LogP contribution in [0, 0.1) is 19.8 Å². The molecule has 1 aliphatic heterocycles. The molecule has 0 N–H and O–H groups in total. The van der Waals surface area contributed by atoms with Gasteiger partial charge in [0.2, 0.25) is 11.7 Å². The number of anilines is 1. The minimum absolute atomic E-state index is 0.0501. The topological polar surface area (TPSA) is 72.9 Å². The Balaban J connectivity index is 1.63. The molecule has 1 saturated heterocycles. The maximum Gasteiger partial charge on any atom is 0.311 e. The molecule has 2 aromatic rings. The van der Waals surface area contributed by atoms with Crippen molar-refractivity contribution >= 4 is 23.3 Å². The fourth-order valence-corrected chi connectivity index (χ4v) is 3.32. The fraction of sp³-hybridized carbons (Fsp3) is 0.318. The van der Waals surface area contributed by atoms with Crippen molar-refractivity contribution in [3.05, 3.63) is 59.2 Å². The molecule has 0 unspecified atom stereocenters. The number of rotatable bonds is 6. The van der Waals surface area contributed by atoms with Crippen molar-refractivity contribution in [3.63, 3.8) is 0 Å². The summed E-state index contributed by atoms with van der Waals surface area (Å²) in [6.45, 7) is 3.62. The maximum atomic E-state index is 12.4. The van der Waals surface area contributed by atoms with E-state index in [9.17, 15) is 14.4 Å². The van der Waals surface area contributed by atoms with Crippen molar-refractivity contribution in [3.8, 4) is 5.75 Å². The van der Waals surface area contributed by atoms with E-state index in [4.69, 9.17) is 9.47 Å². The minimum Gasteiger partial charge on any atom is -0.495 e. The van der Waals surface area contributed by atoms with Gasteiger partial charge in [0.25, 0.3) is 0 Å². The number of ether oxygens (including phenoxy) is 2. The van der Waals surface area contributed by atoms with E-state index >= 15 is 0 Å². The first-order chi connectivity index (χ1) is 13.4. The molecule has 0 radical (unpaired) electrons. The predicted molar refractivity (Wildman–Crippen MR) is 105 cm³/mol. The van der Waals surface area contributed by atoms with Crippen LogP contribution in [0.25, 0.3) is 0 Å². The van der Waals surface area contributed by atoms with E-state index in [0.29, 0.717) is 17.0 Å². The highest BCUT2D eigenvalue weighted by atomic mass is 16.5. The first kappa shape index (κ1) is 19.6. The lowest BCUT2D eigenvalue weighted by atomic mass is 10.0. The Bertz CT molecular complexity index is 921. The van der Waals surface area contributed by atoms with Crippen LogP contribution >= 0.6 is 0 Å². The van der Waals surface area contributed by atoms with Crippen LogP contribution in [0.2, 0.25) is 0 Å². The summed E-state index contributed by atoms with van der Waals surface area (Å²) in [6, 6.07) is 12.7. The van der Waals surface area contributed by atoms with Crippen LogP contribution in [-0.2, 0) is 14.3 Å². The molecule has 0 spiro atoms. The third-order valence-electron chi connectivity index (χ3n) is 4.87. The lowest BCUT2D eigenvalue weighted by Gasteiger charge is -2.19. The van der Waals surface area contributed by atoms with Crippen LogP contribution in [0.5, 0.6) is 5.75 Å². The number of carbonyl (C=O) groups excluding carboxylic acids is 3. The van der Waals surface area contributed by atoms with Gasteiger partial charge < -0.3 is 14.4 Å². The van der Waals surface area contributed by atoms with Crippen LogP contribution in [-0.4, -0.2) is 37.9 Å². The SMILES string of the molecule is COc1ccccc1N1C[C@@H](C(=O)OCC(=O)c2cc(C)ccc2C)CC1=O. The Kier molecular flexibility index (Phi) is 5.78. The van der Waals surface area contributed by atoms with Crippen LogP contribution in [0.4, 0.5) is 5.69 Å². The highest BCUT2D eigenvalue weighted by molar-refractivity contribution is 6.02. The molecule has 0 aromatic heterocycles. The van der Waals surface area contributed by atoms with Crippen LogP contribution < -0.4 is 9.64 Å². The molecule has 1 heterocycles. The number of Topliss-reactive ketones (excluding diaryl/α,β-unsaturated/α-hetero) is 1. The van der Waals surface area contributed by atoms with E-state index < -0.39 is 11.9 Å². The summed E-state index contributed by atoms with van der Waals surface area (Å²) < 4.78 is 10.5. The van der Waals surface area contributed by atoms with Gasteiger partial charge in [-0.2, -0.15) is 0 Å². The number of benzene rings is 2. The van der Waals surface area contributed by atoms with E-state index in [2.05, 4.69) is 0 Å². The molecule has 1 atom stereocenters. The van der Waals surface area contributed by atoms with Crippen LogP contribution in [0.3, 0.4) is 0 Å². The van der Waals surface area contributed by atoms with Gasteiger partial charge in [-0.15, -0.1) is 0 Å². The van der Waals surface area contributed by atoms with Gasteiger partial charge in [0.1, 0.15) is 5.75 Å². The molecule has 1 amide bonds. The first-order valence-electron chi connectivity index (χ1n) is 9.11. The van der Waals surface area contributed by atoms with Crippen LogP contribution in [0.15, 0.2) is 42.5 Å². The Morgan fingerprint density at radius 2 is 1.89 bits per heavy atom. The molecule has 1 fully saturated rings. The van der Waals surface area contributed by atoms with Gasteiger partial charge in [-0.25, -0.2) is 0 Å². The van der Waals surface area contributed by atoms with Crippen molar-refractivity contribution < 1.29 is 23.9 Å². The van der Waals surface area contributed by atoms with Crippen molar-refractivity contribution in [2.45, 2.75) is 20.3 Å². The van der Waals surface area contributed by atoms with Crippen molar-refractivity contribution in [1.29, 1.82) is 0 Å². The Morgan fingerprint density at radius 1 is 1.14 bits per heavy atom. The molecule has 0 saturated carbocycles. The average molecular weight is 381 g/mol. The zero-order valence-electron chi connectivity index (χ0n) is 16.2. The summed E-state index contributed by atoms with van der Waals surface area (Å²) >= 11 is 0. The maximum absolute atomic E-state index is 12.4. The Hall–Kier alpha value is -3.15. The second kappa shape index (κ2) is 8.25. The number of nitrogens with zero attached hydrogens (tertiary/aromatic N) is 1. The highest BCUT2D eigenvalue weighted by Crippen LogP contribution is 2.33. The molecule has 28 heavy (non-hydrogen) atoms. The summed E-state index contributed by atoms with van der Waals surface area (Å²) in [4.78, 5) is 38.7. The predicted octanol–water partition coefficient (Wildman–Crippen LogP) is 3.09. The summed E-state index contributed by atoms with van der Waals surface area (Å²) in [6.07, 6.45) is 0.0501. The lowest BCUT2D eigenvalue weighted by Crippen LogP contribution is -2.27. The largest absolute Gasteiger partial charge is 0.495 e. The number of hydrogen-bond acceptors (Lipinski definition) is 5. The molecule has 6 heteroatoms. The van der Waals surface area contributed by atoms with Gasteiger partial charge in [-0.3, -0.25) is 14.4 Å². The molecule has 3 rings (SSSR count). The molecule has 0 bridgehead atoms. The van der Waals surface area contributed by atoms with Crippen molar-refractivity contribution in [2.75, 3.05) is 25.2 Å². The van der Waals surface area contributed by atoms with E-state index in [1.807, 2.05) is 32.0 Å².